The molecule has 0 bridgehead atoms. The quantitative estimate of drug-likeness (QED) is 0.394. The van der Waals surface area contributed by atoms with Crippen LogP contribution in [-0.4, -0.2) is 11.2 Å². The Morgan fingerprint density at radius 3 is 2.06 bits per heavy atom. The third-order valence-electron chi connectivity index (χ3n) is 3.35. The summed E-state index contributed by atoms with van der Waals surface area (Å²) < 4.78 is 0. The maximum absolute atomic E-state index is 10.2. The molecule has 0 radical (unpaired) electrons. The topological polar surface area (TPSA) is 20.2 Å². The molecule has 0 saturated carbocycles. The van der Waals surface area contributed by atoms with Crippen molar-refractivity contribution in [3.63, 3.8) is 0 Å². The Labute approximate surface area is 108 Å². The molecular weight excluding hydrogens is 208 g/mol. The van der Waals surface area contributed by atoms with Gasteiger partial charge in [0.05, 0.1) is 6.10 Å². The molecule has 0 aromatic rings. The standard InChI is InChI=1S/C16H32O/c1-4-7-10-11-13-15(12-8-5-2)16(17)14-9-6-3/h11,13,15-17H,4-10,12,14H2,1-3H3/b13-11-/t15-,16-/m1/s1. The van der Waals surface area contributed by atoms with E-state index in [0.717, 1.165) is 19.3 Å². The smallest absolute Gasteiger partial charge is 0.0602 e. The average molecular weight is 240 g/mol. The van der Waals surface area contributed by atoms with Crippen molar-refractivity contribution in [3.05, 3.63) is 12.2 Å². The van der Waals surface area contributed by atoms with Gasteiger partial charge in [0.15, 0.2) is 0 Å². The number of allylic oxidation sites excluding steroid dienone is 1. The van der Waals surface area contributed by atoms with Gasteiger partial charge in [-0.1, -0.05) is 71.4 Å². The molecule has 1 N–H and O–H groups in total. The van der Waals surface area contributed by atoms with Crippen LogP contribution in [0.25, 0.3) is 0 Å². The number of aliphatic hydroxyl groups excluding tert-OH is 1. The summed E-state index contributed by atoms with van der Waals surface area (Å²) >= 11 is 0. The SMILES string of the molecule is CCCC/C=C\[C@@H](CCCC)[C@H](O)CCCC. The summed E-state index contributed by atoms with van der Waals surface area (Å²) in [7, 11) is 0. The summed E-state index contributed by atoms with van der Waals surface area (Å²) in [6.07, 6.45) is 15.0. The molecule has 0 aromatic heterocycles. The Morgan fingerprint density at radius 2 is 1.47 bits per heavy atom. The fourth-order valence-electron chi connectivity index (χ4n) is 2.08. The molecule has 0 aliphatic rings. The maximum Gasteiger partial charge on any atom is 0.0602 e. The van der Waals surface area contributed by atoms with Gasteiger partial charge in [0, 0.05) is 5.92 Å². The maximum atomic E-state index is 10.2. The fraction of sp³-hybridized carbons (Fsp3) is 0.875. The van der Waals surface area contributed by atoms with Crippen LogP contribution in [0.3, 0.4) is 0 Å². The summed E-state index contributed by atoms with van der Waals surface area (Å²) in [5, 5.41) is 10.2. The van der Waals surface area contributed by atoms with Crippen LogP contribution in [0, 0.1) is 5.92 Å². The van der Waals surface area contributed by atoms with Gasteiger partial charge in [0.25, 0.3) is 0 Å². The van der Waals surface area contributed by atoms with Crippen LogP contribution in [0.5, 0.6) is 0 Å². The van der Waals surface area contributed by atoms with Gasteiger partial charge in [-0.3, -0.25) is 0 Å². The van der Waals surface area contributed by atoms with Crippen LogP contribution in [0.2, 0.25) is 0 Å². The molecule has 102 valence electrons. The summed E-state index contributed by atoms with van der Waals surface area (Å²) in [5.41, 5.74) is 0. The van der Waals surface area contributed by atoms with E-state index in [0.29, 0.717) is 5.92 Å². The van der Waals surface area contributed by atoms with E-state index < -0.39 is 0 Å². The minimum Gasteiger partial charge on any atom is -0.393 e. The van der Waals surface area contributed by atoms with E-state index in [1.54, 1.807) is 0 Å². The lowest BCUT2D eigenvalue weighted by Gasteiger charge is -2.19. The fourth-order valence-corrected chi connectivity index (χ4v) is 2.08. The molecule has 0 aliphatic heterocycles. The third-order valence-corrected chi connectivity index (χ3v) is 3.35. The van der Waals surface area contributed by atoms with Gasteiger partial charge in [0.2, 0.25) is 0 Å². The summed E-state index contributed by atoms with van der Waals surface area (Å²) in [6, 6.07) is 0. The lowest BCUT2D eigenvalue weighted by molar-refractivity contribution is 0.112. The average Bonchev–Trinajstić information content (AvgIpc) is 2.35. The van der Waals surface area contributed by atoms with E-state index in [-0.39, 0.29) is 6.10 Å². The highest BCUT2D eigenvalue weighted by Gasteiger charge is 2.14. The lowest BCUT2D eigenvalue weighted by Crippen LogP contribution is -2.18. The minimum atomic E-state index is -0.126. The number of rotatable bonds is 11. The van der Waals surface area contributed by atoms with E-state index in [4.69, 9.17) is 0 Å². The predicted molar refractivity (Wildman–Crippen MR) is 77.2 cm³/mol. The molecule has 1 nitrogen and oxygen atoms in total. The third kappa shape index (κ3) is 9.41. The van der Waals surface area contributed by atoms with Gasteiger partial charge in [-0.15, -0.1) is 0 Å². The Kier molecular flexibility index (Phi) is 12.0. The second kappa shape index (κ2) is 12.2. The van der Waals surface area contributed by atoms with Crippen molar-refractivity contribution in [2.24, 2.45) is 5.92 Å². The normalized spacial score (nSPS) is 15.3. The van der Waals surface area contributed by atoms with E-state index in [1.165, 1.54) is 38.5 Å². The van der Waals surface area contributed by atoms with E-state index in [1.807, 2.05) is 0 Å². The van der Waals surface area contributed by atoms with Crippen molar-refractivity contribution in [1.82, 2.24) is 0 Å². The molecule has 0 amide bonds. The zero-order valence-corrected chi connectivity index (χ0v) is 12.1. The molecule has 0 aliphatic carbocycles. The van der Waals surface area contributed by atoms with E-state index >= 15 is 0 Å². The van der Waals surface area contributed by atoms with Gasteiger partial charge in [-0.2, -0.15) is 0 Å². The molecule has 0 heterocycles. The first-order valence-electron chi connectivity index (χ1n) is 7.60. The van der Waals surface area contributed by atoms with Gasteiger partial charge >= 0.3 is 0 Å². The first kappa shape index (κ1) is 16.7. The first-order valence-corrected chi connectivity index (χ1v) is 7.60. The highest BCUT2D eigenvalue weighted by Crippen LogP contribution is 2.19. The molecule has 17 heavy (non-hydrogen) atoms. The van der Waals surface area contributed by atoms with Gasteiger partial charge in [-0.25, -0.2) is 0 Å². The van der Waals surface area contributed by atoms with Crippen LogP contribution in [0.4, 0.5) is 0 Å². The number of aliphatic hydroxyl groups is 1. The molecule has 0 rings (SSSR count). The zero-order valence-electron chi connectivity index (χ0n) is 12.1. The summed E-state index contributed by atoms with van der Waals surface area (Å²) in [4.78, 5) is 0. The van der Waals surface area contributed by atoms with E-state index in [2.05, 4.69) is 32.9 Å². The van der Waals surface area contributed by atoms with Crippen LogP contribution in [-0.2, 0) is 0 Å². The summed E-state index contributed by atoms with van der Waals surface area (Å²) in [6.45, 7) is 6.62. The largest absolute Gasteiger partial charge is 0.393 e. The zero-order chi connectivity index (χ0) is 12.9. The number of unbranched alkanes of at least 4 members (excludes halogenated alkanes) is 4. The van der Waals surface area contributed by atoms with Gasteiger partial charge in [0.1, 0.15) is 0 Å². The molecule has 0 aromatic carbocycles. The Bertz CT molecular complexity index is 174. The second-order valence-electron chi connectivity index (χ2n) is 5.09. The van der Waals surface area contributed by atoms with Crippen LogP contribution >= 0.6 is 0 Å². The van der Waals surface area contributed by atoms with Crippen molar-refractivity contribution in [2.45, 2.75) is 84.7 Å². The first-order chi connectivity index (χ1) is 8.26. The van der Waals surface area contributed by atoms with Crippen LogP contribution in [0.1, 0.15) is 78.6 Å². The number of hydrogen-bond acceptors (Lipinski definition) is 1. The van der Waals surface area contributed by atoms with Crippen LogP contribution < -0.4 is 0 Å². The lowest BCUT2D eigenvalue weighted by atomic mass is 9.92. The van der Waals surface area contributed by atoms with Gasteiger partial charge < -0.3 is 5.11 Å². The molecular formula is C16H32O. The Balaban J connectivity index is 4.05. The van der Waals surface area contributed by atoms with Crippen molar-refractivity contribution >= 4 is 0 Å². The summed E-state index contributed by atoms with van der Waals surface area (Å²) in [5.74, 6) is 0.387. The van der Waals surface area contributed by atoms with Crippen molar-refractivity contribution in [1.29, 1.82) is 0 Å². The highest BCUT2D eigenvalue weighted by atomic mass is 16.3. The molecule has 0 spiro atoms. The Morgan fingerprint density at radius 1 is 0.882 bits per heavy atom. The number of hydrogen-bond donors (Lipinski definition) is 1. The second-order valence-corrected chi connectivity index (χ2v) is 5.09. The predicted octanol–water partition coefficient (Wildman–Crippen LogP) is 5.09. The van der Waals surface area contributed by atoms with Crippen molar-refractivity contribution < 1.29 is 5.11 Å². The van der Waals surface area contributed by atoms with Gasteiger partial charge in [-0.05, 0) is 19.3 Å². The van der Waals surface area contributed by atoms with Crippen LogP contribution in [0.15, 0.2) is 12.2 Å². The monoisotopic (exact) mass is 240 g/mol. The molecule has 1 heteroatoms. The Hall–Kier alpha value is -0.300. The minimum absolute atomic E-state index is 0.126. The van der Waals surface area contributed by atoms with E-state index in [9.17, 15) is 5.11 Å². The van der Waals surface area contributed by atoms with Crippen molar-refractivity contribution in [2.75, 3.05) is 0 Å². The molecule has 2 atom stereocenters. The molecule has 0 fully saturated rings. The molecule has 0 saturated heterocycles. The molecule has 0 unspecified atom stereocenters. The van der Waals surface area contributed by atoms with Crippen molar-refractivity contribution in [3.8, 4) is 0 Å². The highest BCUT2D eigenvalue weighted by molar-refractivity contribution is 4.91.